The Bertz CT molecular complexity index is 1590. The van der Waals surface area contributed by atoms with Gasteiger partial charge in [-0.2, -0.15) is 0 Å². The molecule has 0 bridgehead atoms. The van der Waals surface area contributed by atoms with E-state index >= 15 is 0 Å². The van der Waals surface area contributed by atoms with Crippen molar-refractivity contribution in [3.05, 3.63) is 108 Å². The molecule has 2 aliphatic rings. The molecule has 2 fully saturated rings. The van der Waals surface area contributed by atoms with Crippen LogP contribution in [0.25, 0.3) is 10.8 Å². The van der Waals surface area contributed by atoms with Crippen LogP contribution < -0.4 is 16.4 Å². The van der Waals surface area contributed by atoms with E-state index < -0.39 is 17.7 Å². The van der Waals surface area contributed by atoms with Crippen LogP contribution in [0.1, 0.15) is 70.4 Å². The predicted octanol–water partition coefficient (Wildman–Crippen LogP) is 6.90. The van der Waals surface area contributed by atoms with Crippen molar-refractivity contribution in [3.8, 4) is 0 Å². The van der Waals surface area contributed by atoms with Crippen LogP contribution in [0.4, 0.5) is 8.78 Å². The van der Waals surface area contributed by atoms with Crippen LogP contribution in [-0.4, -0.2) is 72.5 Å². The molecule has 0 radical (unpaired) electrons. The van der Waals surface area contributed by atoms with Crippen molar-refractivity contribution in [1.29, 1.82) is 0 Å². The summed E-state index contributed by atoms with van der Waals surface area (Å²) in [5.41, 5.74) is 7.90. The molecule has 4 N–H and O–H groups in total. The minimum atomic E-state index is -0.901. The Morgan fingerprint density at radius 2 is 1.74 bits per heavy atom. The van der Waals surface area contributed by atoms with Gasteiger partial charge in [0, 0.05) is 37.6 Å². The van der Waals surface area contributed by atoms with E-state index in [2.05, 4.69) is 65.6 Å². The fraction of sp³-hybridized carbons (Fsp3) is 0.463. The number of nitrogens with one attached hydrogen (secondary N) is 2. The molecule has 2 amide bonds. The van der Waals surface area contributed by atoms with E-state index in [9.17, 15) is 18.4 Å². The van der Waals surface area contributed by atoms with E-state index in [4.69, 9.17) is 5.73 Å². The summed E-state index contributed by atoms with van der Waals surface area (Å²) >= 11 is 0. The van der Waals surface area contributed by atoms with Gasteiger partial charge in [-0.3, -0.25) is 9.59 Å². The number of amides is 2. The maximum atomic E-state index is 13.4. The number of carbonyl (C=O) groups is 2. The SMILES string of the molecule is C.C=CN(C)C(Cc1ccc(F)c(F)c1)C(=O)NCCC1CCCN1C.C[C@@H](Cc1ccc2ccccc2c1)NC(=O)/C=C/CC1(N)CCC1. The highest BCUT2D eigenvalue weighted by atomic mass is 19.2. The summed E-state index contributed by atoms with van der Waals surface area (Å²) in [6.45, 7) is 7.45. The number of benzene rings is 3. The minimum absolute atomic E-state index is 0. The number of hydrogen-bond acceptors (Lipinski definition) is 5. The van der Waals surface area contributed by atoms with E-state index in [1.165, 1.54) is 35.2 Å². The normalized spacial score (nSPS) is 17.8. The molecular formula is C41H57F2N5O2. The van der Waals surface area contributed by atoms with Crippen LogP contribution in [0.5, 0.6) is 0 Å². The molecule has 1 saturated heterocycles. The molecule has 1 aliphatic heterocycles. The average Bonchev–Trinajstić information content (AvgIpc) is 3.48. The Labute approximate surface area is 298 Å². The number of halogens is 2. The first-order valence-electron chi connectivity index (χ1n) is 17.5. The fourth-order valence-electron chi connectivity index (χ4n) is 6.56. The van der Waals surface area contributed by atoms with Gasteiger partial charge >= 0.3 is 0 Å². The van der Waals surface area contributed by atoms with Crippen LogP contribution in [0.15, 0.2) is 85.6 Å². The van der Waals surface area contributed by atoms with Crippen LogP contribution >= 0.6 is 0 Å². The average molecular weight is 690 g/mol. The second-order valence-corrected chi connectivity index (χ2v) is 13.8. The van der Waals surface area contributed by atoms with Crippen molar-refractivity contribution in [2.45, 2.75) is 95.8 Å². The van der Waals surface area contributed by atoms with E-state index in [0.717, 1.165) is 57.2 Å². The van der Waals surface area contributed by atoms with Gasteiger partial charge in [-0.15, -0.1) is 0 Å². The summed E-state index contributed by atoms with van der Waals surface area (Å²) < 4.78 is 26.5. The van der Waals surface area contributed by atoms with Gasteiger partial charge in [0.15, 0.2) is 11.6 Å². The van der Waals surface area contributed by atoms with Crippen molar-refractivity contribution in [3.63, 3.8) is 0 Å². The second-order valence-electron chi connectivity index (χ2n) is 13.8. The van der Waals surface area contributed by atoms with E-state index in [1.54, 1.807) is 24.2 Å². The molecule has 1 aliphatic carbocycles. The summed E-state index contributed by atoms with van der Waals surface area (Å²) in [5, 5.41) is 8.48. The maximum Gasteiger partial charge on any atom is 0.243 e. The molecule has 1 heterocycles. The smallest absolute Gasteiger partial charge is 0.243 e. The number of nitrogens with two attached hydrogens (primary N) is 1. The summed E-state index contributed by atoms with van der Waals surface area (Å²) in [7, 11) is 3.86. The predicted molar refractivity (Wildman–Crippen MR) is 202 cm³/mol. The van der Waals surface area contributed by atoms with Gasteiger partial charge < -0.3 is 26.2 Å². The first-order valence-corrected chi connectivity index (χ1v) is 17.5. The Morgan fingerprint density at radius 3 is 2.38 bits per heavy atom. The standard InChI is InChI=1S/C21H26N2O.C19H27F2N3O.CH4/c1-16(23-20(24)8-4-11-21(22)12-5-13-21)14-17-9-10-18-6-2-3-7-19(18)15-17;1-4-23(2)18(13-14-7-8-16(20)17(21)12-14)19(25)22-10-9-15-6-5-11-24(15)3;/h2-4,6-10,15-16H,5,11-14,22H2,1H3,(H,23,24);4,7-8,12,15,18H,1,5-6,9-11,13H2,2-3H3,(H,22,25);1H4/b8-4+;;/t16-;;/m0../s1. The van der Waals surface area contributed by atoms with Gasteiger partial charge in [0.25, 0.3) is 0 Å². The Kier molecular flexibility index (Phi) is 15.6. The van der Waals surface area contributed by atoms with Gasteiger partial charge in [0.1, 0.15) is 6.04 Å². The number of rotatable bonds is 14. The van der Waals surface area contributed by atoms with Gasteiger partial charge in [0.05, 0.1) is 0 Å². The molecule has 3 atom stereocenters. The lowest BCUT2D eigenvalue weighted by molar-refractivity contribution is -0.125. The van der Waals surface area contributed by atoms with Crippen LogP contribution in [0.3, 0.4) is 0 Å². The van der Waals surface area contributed by atoms with Crippen LogP contribution in [0, 0.1) is 11.6 Å². The molecule has 5 rings (SSSR count). The van der Waals surface area contributed by atoms with Crippen LogP contribution in [-0.2, 0) is 22.4 Å². The molecule has 9 heteroatoms. The number of carbonyl (C=O) groups excluding carboxylic acids is 2. The Morgan fingerprint density at radius 1 is 1.04 bits per heavy atom. The molecule has 0 spiro atoms. The summed E-state index contributed by atoms with van der Waals surface area (Å²) in [6.07, 6.45) is 13.6. The van der Waals surface area contributed by atoms with E-state index in [0.29, 0.717) is 18.2 Å². The lowest BCUT2D eigenvalue weighted by Gasteiger charge is -2.37. The van der Waals surface area contributed by atoms with Gasteiger partial charge in [-0.05, 0) is 118 Å². The lowest BCUT2D eigenvalue weighted by atomic mass is 9.75. The lowest BCUT2D eigenvalue weighted by Crippen LogP contribution is -2.45. The highest BCUT2D eigenvalue weighted by Crippen LogP contribution is 2.32. The maximum absolute atomic E-state index is 13.4. The third-order valence-electron chi connectivity index (χ3n) is 9.83. The first kappa shape index (κ1) is 40.4. The Balaban J connectivity index is 0.000000265. The highest BCUT2D eigenvalue weighted by Gasteiger charge is 2.30. The first-order chi connectivity index (χ1) is 23.5. The molecular weight excluding hydrogens is 632 g/mol. The number of likely N-dealkylation sites (tertiary alicyclic amines) is 1. The molecule has 3 aromatic rings. The summed E-state index contributed by atoms with van der Waals surface area (Å²) in [6, 6.07) is 18.6. The second kappa shape index (κ2) is 19.3. The number of likely N-dealkylation sites (N-methyl/N-ethyl adjacent to an activating group) is 1. The Hall–Kier alpha value is -4.08. The summed E-state index contributed by atoms with van der Waals surface area (Å²) in [5.74, 6) is -1.95. The monoisotopic (exact) mass is 689 g/mol. The fourth-order valence-corrected chi connectivity index (χ4v) is 6.56. The number of hydrogen-bond donors (Lipinski definition) is 3. The molecule has 3 aromatic carbocycles. The molecule has 1 saturated carbocycles. The molecule has 0 aromatic heterocycles. The van der Waals surface area contributed by atoms with Crippen molar-refractivity contribution < 1.29 is 18.4 Å². The highest BCUT2D eigenvalue weighted by molar-refractivity contribution is 5.87. The number of fused-ring (bicyclic) bond motifs is 1. The largest absolute Gasteiger partial charge is 0.369 e. The minimum Gasteiger partial charge on any atom is -0.369 e. The molecule has 272 valence electrons. The van der Waals surface area contributed by atoms with Gasteiger partial charge in [-0.25, -0.2) is 8.78 Å². The molecule has 50 heavy (non-hydrogen) atoms. The topological polar surface area (TPSA) is 90.7 Å². The van der Waals surface area contributed by atoms with E-state index in [-0.39, 0.29) is 37.2 Å². The zero-order valence-electron chi connectivity index (χ0n) is 29.3. The van der Waals surface area contributed by atoms with Crippen LogP contribution in [0.2, 0.25) is 0 Å². The van der Waals surface area contributed by atoms with Gasteiger partial charge in [0.2, 0.25) is 11.8 Å². The van der Waals surface area contributed by atoms with Crippen molar-refractivity contribution in [1.82, 2.24) is 20.4 Å². The summed E-state index contributed by atoms with van der Waals surface area (Å²) in [4.78, 5) is 28.6. The van der Waals surface area contributed by atoms with Crippen molar-refractivity contribution in [2.24, 2.45) is 5.73 Å². The van der Waals surface area contributed by atoms with E-state index in [1.807, 2.05) is 19.1 Å². The van der Waals surface area contributed by atoms with Gasteiger partial charge in [-0.1, -0.05) is 68.6 Å². The molecule has 7 nitrogen and oxygen atoms in total. The van der Waals surface area contributed by atoms with Crippen molar-refractivity contribution in [2.75, 3.05) is 27.2 Å². The number of nitrogens with zero attached hydrogens (tertiary/aromatic N) is 2. The molecule has 2 unspecified atom stereocenters. The third-order valence-corrected chi connectivity index (χ3v) is 9.83. The van der Waals surface area contributed by atoms with Crippen molar-refractivity contribution >= 4 is 22.6 Å². The third kappa shape index (κ3) is 12.1. The quantitative estimate of drug-likeness (QED) is 0.160. The zero-order valence-corrected chi connectivity index (χ0v) is 29.3. The zero-order chi connectivity index (χ0) is 35.4.